The van der Waals surface area contributed by atoms with Gasteiger partial charge in [0.15, 0.2) is 0 Å². The van der Waals surface area contributed by atoms with Crippen LogP contribution in [0.15, 0.2) is 24.3 Å². The minimum absolute atomic E-state index is 0.633. The van der Waals surface area contributed by atoms with E-state index in [4.69, 9.17) is 0 Å². The van der Waals surface area contributed by atoms with Crippen LogP contribution in [0.3, 0.4) is 0 Å². The Bertz CT molecular complexity index is 726. The fourth-order valence-electron chi connectivity index (χ4n) is 3.09. The zero-order valence-corrected chi connectivity index (χ0v) is 12.5. The van der Waals surface area contributed by atoms with Crippen molar-refractivity contribution in [3.63, 3.8) is 0 Å². The lowest BCUT2D eigenvalue weighted by atomic mass is 9.90. The Morgan fingerprint density at radius 2 is 2.00 bits per heavy atom. The number of hydrogen-bond donors (Lipinski definition) is 1. The summed E-state index contributed by atoms with van der Waals surface area (Å²) < 4.78 is 0. The van der Waals surface area contributed by atoms with Gasteiger partial charge in [0, 0.05) is 11.4 Å². The Morgan fingerprint density at radius 3 is 2.81 bits per heavy atom. The summed E-state index contributed by atoms with van der Waals surface area (Å²) >= 11 is 0. The van der Waals surface area contributed by atoms with Crippen LogP contribution in [0.2, 0.25) is 0 Å². The summed E-state index contributed by atoms with van der Waals surface area (Å²) in [5, 5.41) is 12.8. The minimum atomic E-state index is 0.633. The summed E-state index contributed by atoms with van der Waals surface area (Å²) in [6, 6.07) is 10.6. The van der Waals surface area contributed by atoms with Crippen LogP contribution in [0.5, 0.6) is 0 Å². The summed E-state index contributed by atoms with van der Waals surface area (Å²) in [5.74, 6) is 0.675. The van der Waals surface area contributed by atoms with Crippen LogP contribution >= 0.6 is 0 Å². The van der Waals surface area contributed by atoms with E-state index in [9.17, 15) is 5.26 Å². The Balaban J connectivity index is 2.04. The van der Waals surface area contributed by atoms with Crippen LogP contribution in [-0.2, 0) is 12.8 Å². The number of nitrogens with one attached hydrogen (secondary N) is 1. The highest BCUT2D eigenvalue weighted by Gasteiger charge is 2.15. The summed E-state index contributed by atoms with van der Waals surface area (Å²) in [6.07, 6.45) is 4.75. The molecule has 1 N–H and O–H groups in total. The summed E-state index contributed by atoms with van der Waals surface area (Å²) in [6.45, 7) is 3.92. The van der Waals surface area contributed by atoms with Crippen molar-refractivity contribution in [2.45, 2.75) is 39.5 Å². The molecule has 0 spiro atoms. The third-order valence-electron chi connectivity index (χ3n) is 4.11. The molecular weight excluding hydrogens is 258 g/mol. The molecule has 0 bridgehead atoms. The van der Waals surface area contributed by atoms with Crippen molar-refractivity contribution < 1.29 is 0 Å². The van der Waals surface area contributed by atoms with Crippen molar-refractivity contribution in [2.24, 2.45) is 0 Å². The highest BCUT2D eigenvalue weighted by molar-refractivity contribution is 5.68. The summed E-state index contributed by atoms with van der Waals surface area (Å²) in [4.78, 5) is 4.52. The molecule has 21 heavy (non-hydrogen) atoms. The van der Waals surface area contributed by atoms with E-state index in [-0.39, 0.29) is 0 Å². The molecular formula is C18H19N3. The molecule has 0 unspecified atom stereocenters. The van der Waals surface area contributed by atoms with Gasteiger partial charge in [-0.1, -0.05) is 12.1 Å². The molecule has 0 saturated heterocycles. The number of pyridine rings is 1. The zero-order chi connectivity index (χ0) is 14.8. The van der Waals surface area contributed by atoms with Gasteiger partial charge in [0.25, 0.3) is 0 Å². The number of rotatable bonds is 2. The SMILES string of the molecule is Cc1cc(C)c(C#N)c(Nc2cccc3c2CCCC3)n1. The fraction of sp³-hybridized carbons (Fsp3) is 0.333. The van der Waals surface area contributed by atoms with E-state index >= 15 is 0 Å². The normalized spacial score (nSPS) is 13.4. The lowest BCUT2D eigenvalue weighted by molar-refractivity contribution is 0.687. The van der Waals surface area contributed by atoms with Crippen molar-refractivity contribution in [1.29, 1.82) is 5.26 Å². The molecule has 1 aromatic heterocycles. The molecule has 0 saturated carbocycles. The van der Waals surface area contributed by atoms with E-state index in [0.29, 0.717) is 11.4 Å². The summed E-state index contributed by atoms with van der Waals surface area (Å²) in [5.41, 5.74) is 6.44. The van der Waals surface area contributed by atoms with Crippen LogP contribution in [0.4, 0.5) is 11.5 Å². The van der Waals surface area contributed by atoms with Gasteiger partial charge in [-0.3, -0.25) is 0 Å². The number of hydrogen-bond acceptors (Lipinski definition) is 3. The topological polar surface area (TPSA) is 48.7 Å². The van der Waals surface area contributed by atoms with Gasteiger partial charge in [0.1, 0.15) is 11.9 Å². The van der Waals surface area contributed by atoms with Gasteiger partial charge >= 0.3 is 0 Å². The van der Waals surface area contributed by atoms with Crippen LogP contribution in [0.25, 0.3) is 0 Å². The van der Waals surface area contributed by atoms with Crippen molar-refractivity contribution in [1.82, 2.24) is 4.98 Å². The first kappa shape index (κ1) is 13.6. The Morgan fingerprint density at radius 1 is 1.19 bits per heavy atom. The number of aromatic nitrogens is 1. The molecule has 2 aromatic rings. The van der Waals surface area contributed by atoms with E-state index in [1.54, 1.807) is 0 Å². The monoisotopic (exact) mass is 277 g/mol. The Kier molecular flexibility index (Phi) is 3.62. The smallest absolute Gasteiger partial charge is 0.148 e. The van der Waals surface area contributed by atoms with Crippen molar-refractivity contribution in [3.05, 3.63) is 52.2 Å². The standard InChI is InChI=1S/C18H19N3/c1-12-10-13(2)20-18(16(12)11-19)21-17-9-5-7-14-6-3-4-8-15(14)17/h5,7,9-10H,3-4,6,8H2,1-2H3,(H,20,21). The lowest BCUT2D eigenvalue weighted by Gasteiger charge is -2.20. The predicted molar refractivity (Wildman–Crippen MR) is 84.8 cm³/mol. The zero-order valence-electron chi connectivity index (χ0n) is 12.5. The molecule has 3 heteroatoms. The molecule has 3 rings (SSSR count). The number of nitriles is 1. The van der Waals surface area contributed by atoms with E-state index in [0.717, 1.165) is 29.8 Å². The number of fused-ring (bicyclic) bond motifs is 1. The Labute approximate surface area is 125 Å². The minimum Gasteiger partial charge on any atom is -0.339 e. The van der Waals surface area contributed by atoms with Gasteiger partial charge in [-0.2, -0.15) is 5.26 Å². The Hall–Kier alpha value is -2.34. The second-order valence-electron chi connectivity index (χ2n) is 5.69. The average Bonchev–Trinajstić information content (AvgIpc) is 2.47. The van der Waals surface area contributed by atoms with E-state index in [1.165, 1.54) is 24.0 Å². The molecule has 0 fully saturated rings. The second kappa shape index (κ2) is 5.57. The third kappa shape index (κ3) is 2.62. The number of aryl methyl sites for hydroxylation is 3. The largest absolute Gasteiger partial charge is 0.339 e. The number of anilines is 2. The van der Waals surface area contributed by atoms with Crippen LogP contribution in [0, 0.1) is 25.2 Å². The van der Waals surface area contributed by atoms with Crippen LogP contribution in [-0.4, -0.2) is 4.98 Å². The maximum atomic E-state index is 9.38. The average molecular weight is 277 g/mol. The predicted octanol–water partition coefficient (Wildman–Crippen LogP) is 4.19. The molecule has 1 aliphatic rings. The quantitative estimate of drug-likeness (QED) is 0.895. The van der Waals surface area contributed by atoms with E-state index < -0.39 is 0 Å². The van der Waals surface area contributed by atoms with Gasteiger partial charge in [-0.05, 0) is 68.4 Å². The van der Waals surface area contributed by atoms with Gasteiger partial charge in [0.2, 0.25) is 0 Å². The second-order valence-corrected chi connectivity index (χ2v) is 5.69. The molecule has 0 atom stereocenters. The van der Waals surface area contributed by atoms with Crippen molar-refractivity contribution in [3.8, 4) is 6.07 Å². The highest BCUT2D eigenvalue weighted by atomic mass is 15.0. The van der Waals surface area contributed by atoms with E-state index in [1.807, 2.05) is 19.9 Å². The molecule has 1 aliphatic carbocycles. The molecule has 1 aromatic carbocycles. The maximum absolute atomic E-state index is 9.38. The first-order valence-corrected chi connectivity index (χ1v) is 7.45. The molecule has 0 radical (unpaired) electrons. The van der Waals surface area contributed by atoms with Gasteiger partial charge < -0.3 is 5.32 Å². The fourth-order valence-corrected chi connectivity index (χ4v) is 3.09. The molecule has 1 heterocycles. The van der Waals surface area contributed by atoms with E-state index in [2.05, 4.69) is 34.6 Å². The summed E-state index contributed by atoms with van der Waals surface area (Å²) in [7, 11) is 0. The lowest BCUT2D eigenvalue weighted by Crippen LogP contribution is -2.08. The molecule has 0 aliphatic heterocycles. The van der Waals surface area contributed by atoms with Crippen molar-refractivity contribution >= 4 is 11.5 Å². The maximum Gasteiger partial charge on any atom is 0.148 e. The third-order valence-corrected chi connectivity index (χ3v) is 4.11. The van der Waals surface area contributed by atoms with Crippen LogP contribution in [0.1, 0.15) is 40.8 Å². The first-order chi connectivity index (χ1) is 10.2. The van der Waals surface area contributed by atoms with Crippen LogP contribution < -0.4 is 5.32 Å². The van der Waals surface area contributed by atoms with Crippen molar-refractivity contribution in [2.75, 3.05) is 5.32 Å². The molecule has 0 amide bonds. The first-order valence-electron chi connectivity index (χ1n) is 7.45. The van der Waals surface area contributed by atoms with Gasteiger partial charge in [-0.25, -0.2) is 4.98 Å². The number of nitrogens with zero attached hydrogens (tertiary/aromatic N) is 2. The van der Waals surface area contributed by atoms with Gasteiger partial charge in [-0.15, -0.1) is 0 Å². The molecule has 3 nitrogen and oxygen atoms in total. The van der Waals surface area contributed by atoms with Gasteiger partial charge in [0.05, 0.1) is 5.56 Å². The number of benzene rings is 1. The molecule has 106 valence electrons. The highest BCUT2D eigenvalue weighted by Crippen LogP contribution is 2.30.